The summed E-state index contributed by atoms with van der Waals surface area (Å²) in [7, 11) is 0. The van der Waals surface area contributed by atoms with Gasteiger partial charge in [-0.05, 0) is 34.1 Å². The van der Waals surface area contributed by atoms with E-state index in [1.54, 1.807) is 18.2 Å². The van der Waals surface area contributed by atoms with E-state index in [2.05, 4.69) is 25.9 Å². The molecule has 0 aliphatic rings. The van der Waals surface area contributed by atoms with E-state index in [9.17, 15) is 0 Å². The number of aromatic nitrogens is 2. The average Bonchev–Trinajstić information content (AvgIpc) is 2.22. The van der Waals surface area contributed by atoms with Crippen molar-refractivity contribution in [3.63, 3.8) is 0 Å². The van der Waals surface area contributed by atoms with Gasteiger partial charge in [-0.2, -0.15) is 4.98 Å². The standard InChI is InChI=1S/C10H6BrCl2N3O/c11-8-4-15-10(14)16-9(8)17-7-2-5(12)1-6(13)3-7/h1-4H,(H2,14,15,16). The first-order chi connectivity index (χ1) is 8.04. The van der Waals surface area contributed by atoms with Gasteiger partial charge < -0.3 is 10.5 Å². The zero-order valence-corrected chi connectivity index (χ0v) is 11.4. The van der Waals surface area contributed by atoms with E-state index in [1.165, 1.54) is 6.20 Å². The monoisotopic (exact) mass is 333 g/mol. The summed E-state index contributed by atoms with van der Waals surface area (Å²) in [5, 5.41) is 0.955. The van der Waals surface area contributed by atoms with Crippen molar-refractivity contribution in [2.75, 3.05) is 5.73 Å². The van der Waals surface area contributed by atoms with Crippen LogP contribution >= 0.6 is 39.1 Å². The highest BCUT2D eigenvalue weighted by atomic mass is 79.9. The summed E-state index contributed by atoms with van der Waals surface area (Å²) in [6.45, 7) is 0. The first kappa shape index (κ1) is 12.4. The molecule has 0 amide bonds. The van der Waals surface area contributed by atoms with Crippen LogP contribution in [0, 0.1) is 0 Å². The molecule has 17 heavy (non-hydrogen) atoms. The Morgan fingerprint density at radius 3 is 2.47 bits per heavy atom. The largest absolute Gasteiger partial charge is 0.438 e. The Hall–Kier alpha value is -1.04. The average molecular weight is 335 g/mol. The lowest BCUT2D eigenvalue weighted by Gasteiger charge is -2.07. The van der Waals surface area contributed by atoms with Gasteiger partial charge in [0.05, 0.1) is 10.7 Å². The van der Waals surface area contributed by atoms with Crippen LogP contribution in [-0.4, -0.2) is 9.97 Å². The first-order valence-corrected chi connectivity index (χ1v) is 6.01. The van der Waals surface area contributed by atoms with Gasteiger partial charge in [0.2, 0.25) is 11.8 Å². The summed E-state index contributed by atoms with van der Waals surface area (Å²) in [6, 6.07) is 4.86. The second kappa shape index (κ2) is 5.08. The number of anilines is 1. The third-order valence-electron chi connectivity index (χ3n) is 1.78. The van der Waals surface area contributed by atoms with Crippen LogP contribution in [0.4, 0.5) is 5.95 Å². The zero-order valence-electron chi connectivity index (χ0n) is 8.32. The van der Waals surface area contributed by atoms with Crippen LogP contribution < -0.4 is 10.5 Å². The second-order valence-electron chi connectivity index (χ2n) is 3.09. The Bertz CT molecular complexity index is 545. The van der Waals surface area contributed by atoms with Gasteiger partial charge in [0.1, 0.15) is 5.75 Å². The number of nitrogens with two attached hydrogens (primary N) is 1. The van der Waals surface area contributed by atoms with Crippen molar-refractivity contribution < 1.29 is 4.74 Å². The Morgan fingerprint density at radius 1 is 1.18 bits per heavy atom. The number of rotatable bonds is 2. The molecule has 2 N–H and O–H groups in total. The Morgan fingerprint density at radius 2 is 1.82 bits per heavy atom. The fourth-order valence-corrected chi connectivity index (χ4v) is 1.91. The summed E-state index contributed by atoms with van der Waals surface area (Å²) in [6.07, 6.45) is 1.50. The van der Waals surface area contributed by atoms with Crippen molar-refractivity contribution >= 4 is 45.1 Å². The molecule has 0 saturated heterocycles. The lowest BCUT2D eigenvalue weighted by atomic mass is 10.3. The molecule has 0 unspecified atom stereocenters. The van der Waals surface area contributed by atoms with Crippen LogP contribution in [-0.2, 0) is 0 Å². The summed E-state index contributed by atoms with van der Waals surface area (Å²) < 4.78 is 6.09. The lowest BCUT2D eigenvalue weighted by molar-refractivity contribution is 0.459. The van der Waals surface area contributed by atoms with Crippen molar-refractivity contribution in [3.8, 4) is 11.6 Å². The third-order valence-corrected chi connectivity index (χ3v) is 2.76. The highest BCUT2D eigenvalue weighted by molar-refractivity contribution is 9.10. The van der Waals surface area contributed by atoms with E-state index in [1.807, 2.05) is 0 Å². The molecule has 0 fully saturated rings. The van der Waals surface area contributed by atoms with Crippen molar-refractivity contribution in [1.82, 2.24) is 9.97 Å². The van der Waals surface area contributed by atoms with Crippen molar-refractivity contribution in [3.05, 3.63) is 38.9 Å². The van der Waals surface area contributed by atoms with Crippen LogP contribution in [0.2, 0.25) is 10.0 Å². The molecule has 2 rings (SSSR count). The number of benzene rings is 1. The molecule has 0 radical (unpaired) electrons. The van der Waals surface area contributed by atoms with E-state index in [0.717, 1.165) is 0 Å². The van der Waals surface area contributed by atoms with Crippen LogP contribution in [0.1, 0.15) is 0 Å². The molecule has 1 aromatic carbocycles. The topological polar surface area (TPSA) is 61.0 Å². The van der Waals surface area contributed by atoms with E-state index >= 15 is 0 Å². The van der Waals surface area contributed by atoms with Gasteiger partial charge in [0.25, 0.3) is 0 Å². The maximum Gasteiger partial charge on any atom is 0.238 e. The zero-order chi connectivity index (χ0) is 12.4. The predicted octanol–water partition coefficient (Wildman–Crippen LogP) is 3.92. The maximum atomic E-state index is 5.85. The lowest BCUT2D eigenvalue weighted by Crippen LogP contribution is -1.97. The van der Waals surface area contributed by atoms with Gasteiger partial charge in [-0.3, -0.25) is 0 Å². The molecular weight excluding hydrogens is 329 g/mol. The fraction of sp³-hybridized carbons (Fsp3) is 0. The summed E-state index contributed by atoms with van der Waals surface area (Å²) in [5.41, 5.74) is 5.47. The number of hydrogen-bond acceptors (Lipinski definition) is 4. The van der Waals surface area contributed by atoms with Crippen LogP contribution in [0.5, 0.6) is 11.6 Å². The number of halogens is 3. The molecule has 2 aromatic rings. The van der Waals surface area contributed by atoms with Crippen LogP contribution in [0.3, 0.4) is 0 Å². The predicted molar refractivity (Wildman–Crippen MR) is 70.7 cm³/mol. The van der Waals surface area contributed by atoms with Crippen molar-refractivity contribution in [1.29, 1.82) is 0 Å². The molecule has 0 atom stereocenters. The molecule has 88 valence electrons. The van der Waals surface area contributed by atoms with Gasteiger partial charge in [0.15, 0.2) is 0 Å². The SMILES string of the molecule is Nc1ncc(Br)c(Oc2cc(Cl)cc(Cl)c2)n1. The van der Waals surface area contributed by atoms with Gasteiger partial charge in [-0.15, -0.1) is 0 Å². The molecule has 1 heterocycles. The molecule has 0 aliphatic heterocycles. The van der Waals surface area contributed by atoms with Gasteiger partial charge >= 0.3 is 0 Å². The second-order valence-corrected chi connectivity index (χ2v) is 4.82. The van der Waals surface area contributed by atoms with Crippen molar-refractivity contribution in [2.45, 2.75) is 0 Å². The van der Waals surface area contributed by atoms with Gasteiger partial charge in [-0.1, -0.05) is 23.2 Å². The van der Waals surface area contributed by atoms with Gasteiger partial charge in [0, 0.05) is 10.0 Å². The van der Waals surface area contributed by atoms with E-state index in [0.29, 0.717) is 26.1 Å². The minimum atomic E-state index is 0.122. The molecular formula is C10H6BrCl2N3O. The van der Waals surface area contributed by atoms with Crippen LogP contribution in [0.15, 0.2) is 28.9 Å². The van der Waals surface area contributed by atoms with E-state index in [4.69, 9.17) is 33.7 Å². The third kappa shape index (κ3) is 3.21. The quantitative estimate of drug-likeness (QED) is 0.904. The molecule has 4 nitrogen and oxygen atoms in total. The number of ether oxygens (including phenoxy) is 1. The highest BCUT2D eigenvalue weighted by Crippen LogP contribution is 2.31. The Labute approximate surface area is 116 Å². The number of nitrogen functional groups attached to an aromatic ring is 1. The van der Waals surface area contributed by atoms with E-state index < -0.39 is 0 Å². The molecule has 0 bridgehead atoms. The molecule has 7 heteroatoms. The fourth-order valence-electron chi connectivity index (χ4n) is 1.13. The molecule has 0 spiro atoms. The molecule has 0 aliphatic carbocycles. The van der Waals surface area contributed by atoms with Gasteiger partial charge in [-0.25, -0.2) is 4.98 Å². The minimum Gasteiger partial charge on any atom is -0.438 e. The maximum absolute atomic E-state index is 5.85. The highest BCUT2D eigenvalue weighted by Gasteiger charge is 2.07. The van der Waals surface area contributed by atoms with E-state index in [-0.39, 0.29) is 5.95 Å². The molecule has 0 saturated carbocycles. The first-order valence-electron chi connectivity index (χ1n) is 4.46. The smallest absolute Gasteiger partial charge is 0.238 e. The Balaban J connectivity index is 2.34. The summed E-state index contributed by atoms with van der Waals surface area (Å²) in [4.78, 5) is 7.74. The van der Waals surface area contributed by atoms with Crippen LogP contribution in [0.25, 0.3) is 0 Å². The minimum absolute atomic E-state index is 0.122. The summed E-state index contributed by atoms with van der Waals surface area (Å²) >= 11 is 15.0. The van der Waals surface area contributed by atoms with Crippen molar-refractivity contribution in [2.24, 2.45) is 0 Å². The molecule has 1 aromatic heterocycles. The number of nitrogens with zero attached hydrogens (tertiary/aromatic N) is 2. The normalized spacial score (nSPS) is 10.3. The Kier molecular flexibility index (Phi) is 3.71. The summed E-state index contributed by atoms with van der Waals surface area (Å²) in [5.74, 6) is 0.897. The number of hydrogen-bond donors (Lipinski definition) is 1.